The van der Waals surface area contributed by atoms with Gasteiger partial charge in [-0.05, 0) is 19.1 Å². The Morgan fingerprint density at radius 2 is 2.00 bits per heavy atom. The zero-order chi connectivity index (χ0) is 8.97. The molecular weight excluding hydrogens is 148 g/mol. The van der Waals surface area contributed by atoms with Crippen molar-refractivity contribution in [2.75, 3.05) is 5.32 Å². The first-order chi connectivity index (χ1) is 5.72. The van der Waals surface area contributed by atoms with Crippen LogP contribution < -0.4 is 5.32 Å². The van der Waals surface area contributed by atoms with E-state index in [4.69, 9.17) is 5.26 Å². The lowest BCUT2D eigenvalue weighted by Gasteiger charge is -2.02. The minimum Gasteiger partial charge on any atom is -0.347 e. The summed E-state index contributed by atoms with van der Waals surface area (Å²) in [6, 6.07) is 9.71. The van der Waals surface area contributed by atoms with Crippen LogP contribution in [0, 0.1) is 18.3 Å². The summed E-state index contributed by atoms with van der Waals surface area (Å²) in [5.41, 5.74) is 2.45. The van der Waals surface area contributed by atoms with Crippen LogP contribution in [0.5, 0.6) is 0 Å². The number of nitrogens with one attached hydrogen (secondary N) is 1. The monoisotopic (exact) mass is 158 g/mol. The maximum atomic E-state index is 8.44. The van der Waals surface area contributed by atoms with Crippen molar-refractivity contribution in [1.29, 1.82) is 5.26 Å². The Labute approximate surface area is 72.1 Å². The highest BCUT2D eigenvalue weighted by Gasteiger charge is 1.91. The summed E-state index contributed by atoms with van der Waals surface area (Å²) >= 11 is 0. The topological polar surface area (TPSA) is 35.8 Å². The van der Waals surface area contributed by atoms with Gasteiger partial charge in [0.1, 0.15) is 11.8 Å². The molecule has 12 heavy (non-hydrogen) atoms. The van der Waals surface area contributed by atoms with Gasteiger partial charge in [-0.3, -0.25) is 0 Å². The molecular formula is C10H10N2. The smallest absolute Gasteiger partial charge is 0.117 e. The molecule has 60 valence electrons. The Morgan fingerprint density at radius 3 is 2.50 bits per heavy atom. The van der Waals surface area contributed by atoms with Crippen molar-refractivity contribution in [2.45, 2.75) is 6.92 Å². The van der Waals surface area contributed by atoms with Crippen LogP contribution in [0.4, 0.5) is 5.69 Å². The van der Waals surface area contributed by atoms with Crippen LogP contribution >= 0.6 is 0 Å². The molecule has 1 N–H and O–H groups in total. The van der Waals surface area contributed by atoms with Crippen LogP contribution in [0.15, 0.2) is 36.5 Å². The molecule has 0 saturated heterocycles. The molecule has 2 heteroatoms. The molecule has 0 saturated carbocycles. The van der Waals surface area contributed by atoms with Crippen LogP contribution in [-0.2, 0) is 0 Å². The van der Waals surface area contributed by atoms with Crippen LogP contribution in [-0.4, -0.2) is 0 Å². The SMILES string of the molecule is C=C(C#N)Nc1ccc(C)cc1. The molecule has 0 aromatic heterocycles. The molecule has 1 aromatic carbocycles. The molecule has 1 aromatic rings. The van der Waals surface area contributed by atoms with Gasteiger partial charge in [0.2, 0.25) is 0 Å². The standard InChI is InChI=1S/C10H10N2/c1-8-3-5-10(6-4-8)12-9(2)7-11/h3-6,12H,2H2,1H3. The van der Waals surface area contributed by atoms with Crippen LogP contribution in [0.3, 0.4) is 0 Å². The first kappa shape index (κ1) is 8.35. The molecule has 0 aliphatic carbocycles. The van der Waals surface area contributed by atoms with Crippen molar-refractivity contribution in [2.24, 2.45) is 0 Å². The molecule has 0 amide bonds. The van der Waals surface area contributed by atoms with E-state index in [0.29, 0.717) is 5.70 Å². The average Bonchev–Trinajstić information content (AvgIpc) is 2.09. The number of allylic oxidation sites excluding steroid dienone is 1. The van der Waals surface area contributed by atoms with E-state index in [1.54, 1.807) is 0 Å². The fourth-order valence-electron chi connectivity index (χ4n) is 0.839. The second-order valence-electron chi connectivity index (χ2n) is 2.58. The van der Waals surface area contributed by atoms with E-state index in [-0.39, 0.29) is 0 Å². The molecule has 0 spiro atoms. The molecule has 0 atom stereocenters. The van der Waals surface area contributed by atoms with Crippen molar-refractivity contribution in [3.8, 4) is 6.07 Å². The largest absolute Gasteiger partial charge is 0.347 e. The van der Waals surface area contributed by atoms with Gasteiger partial charge in [-0.2, -0.15) is 5.26 Å². The Morgan fingerprint density at radius 1 is 1.42 bits per heavy atom. The van der Waals surface area contributed by atoms with Gasteiger partial charge in [0, 0.05) is 5.69 Å². The lowest BCUT2D eigenvalue weighted by Crippen LogP contribution is -1.94. The Balaban J connectivity index is 2.73. The lowest BCUT2D eigenvalue weighted by molar-refractivity contribution is 1.42. The first-order valence-corrected chi connectivity index (χ1v) is 3.65. The van der Waals surface area contributed by atoms with Crippen molar-refractivity contribution in [3.63, 3.8) is 0 Å². The highest BCUT2D eigenvalue weighted by molar-refractivity contribution is 5.51. The predicted molar refractivity (Wildman–Crippen MR) is 49.6 cm³/mol. The predicted octanol–water partition coefficient (Wildman–Crippen LogP) is 2.44. The number of aryl methyl sites for hydroxylation is 1. The van der Waals surface area contributed by atoms with Crippen molar-refractivity contribution in [3.05, 3.63) is 42.1 Å². The molecule has 0 radical (unpaired) electrons. The molecule has 0 heterocycles. The van der Waals surface area contributed by atoms with E-state index in [1.807, 2.05) is 37.3 Å². The van der Waals surface area contributed by atoms with E-state index >= 15 is 0 Å². The van der Waals surface area contributed by atoms with E-state index < -0.39 is 0 Å². The van der Waals surface area contributed by atoms with Gasteiger partial charge in [-0.1, -0.05) is 24.3 Å². The van der Waals surface area contributed by atoms with Crippen LogP contribution in [0.25, 0.3) is 0 Å². The fraction of sp³-hybridized carbons (Fsp3) is 0.100. The number of nitrogens with zero attached hydrogens (tertiary/aromatic N) is 1. The van der Waals surface area contributed by atoms with E-state index in [0.717, 1.165) is 5.69 Å². The normalized spacial score (nSPS) is 8.67. The molecule has 2 nitrogen and oxygen atoms in total. The lowest BCUT2D eigenvalue weighted by atomic mass is 10.2. The number of hydrogen-bond donors (Lipinski definition) is 1. The van der Waals surface area contributed by atoms with Crippen molar-refractivity contribution in [1.82, 2.24) is 0 Å². The van der Waals surface area contributed by atoms with Gasteiger partial charge in [0.05, 0.1) is 0 Å². The number of rotatable bonds is 2. The first-order valence-electron chi connectivity index (χ1n) is 3.65. The highest BCUT2D eigenvalue weighted by atomic mass is 14.9. The van der Waals surface area contributed by atoms with Crippen LogP contribution in [0.1, 0.15) is 5.56 Å². The maximum Gasteiger partial charge on any atom is 0.117 e. The van der Waals surface area contributed by atoms with Gasteiger partial charge in [0.25, 0.3) is 0 Å². The summed E-state index contributed by atoms with van der Waals surface area (Å²) in [6.07, 6.45) is 0. The fourth-order valence-corrected chi connectivity index (χ4v) is 0.839. The van der Waals surface area contributed by atoms with Gasteiger partial charge in [-0.15, -0.1) is 0 Å². The van der Waals surface area contributed by atoms with Gasteiger partial charge in [0.15, 0.2) is 0 Å². The molecule has 0 unspecified atom stereocenters. The Bertz CT molecular complexity index is 317. The van der Waals surface area contributed by atoms with Gasteiger partial charge < -0.3 is 5.32 Å². The second-order valence-corrected chi connectivity index (χ2v) is 2.58. The number of nitriles is 1. The van der Waals surface area contributed by atoms with Crippen molar-refractivity contribution < 1.29 is 0 Å². The second kappa shape index (κ2) is 3.59. The number of benzene rings is 1. The highest BCUT2D eigenvalue weighted by Crippen LogP contribution is 2.09. The average molecular weight is 158 g/mol. The van der Waals surface area contributed by atoms with E-state index in [1.165, 1.54) is 5.56 Å². The van der Waals surface area contributed by atoms with E-state index in [9.17, 15) is 0 Å². The van der Waals surface area contributed by atoms with Crippen molar-refractivity contribution >= 4 is 5.69 Å². The third-order valence-corrected chi connectivity index (χ3v) is 1.48. The minimum atomic E-state index is 0.360. The summed E-state index contributed by atoms with van der Waals surface area (Å²) in [7, 11) is 0. The number of hydrogen-bond acceptors (Lipinski definition) is 2. The summed E-state index contributed by atoms with van der Waals surface area (Å²) in [5.74, 6) is 0. The molecule has 1 rings (SSSR count). The third-order valence-electron chi connectivity index (χ3n) is 1.48. The summed E-state index contributed by atoms with van der Waals surface area (Å²) in [5, 5.41) is 11.3. The summed E-state index contributed by atoms with van der Waals surface area (Å²) in [4.78, 5) is 0. The van der Waals surface area contributed by atoms with E-state index in [2.05, 4.69) is 11.9 Å². The van der Waals surface area contributed by atoms with Crippen LogP contribution in [0.2, 0.25) is 0 Å². The molecule has 0 fully saturated rings. The number of anilines is 1. The third kappa shape index (κ3) is 2.14. The quantitative estimate of drug-likeness (QED) is 0.671. The molecule has 0 aliphatic heterocycles. The molecule has 0 aliphatic rings. The molecule has 0 bridgehead atoms. The Kier molecular flexibility index (Phi) is 2.49. The minimum absolute atomic E-state index is 0.360. The zero-order valence-corrected chi connectivity index (χ0v) is 6.96. The van der Waals surface area contributed by atoms with Gasteiger partial charge in [-0.25, -0.2) is 0 Å². The summed E-state index contributed by atoms with van der Waals surface area (Å²) < 4.78 is 0. The maximum absolute atomic E-state index is 8.44. The van der Waals surface area contributed by atoms with Gasteiger partial charge >= 0.3 is 0 Å². The Hall–Kier alpha value is -1.75. The summed E-state index contributed by atoms with van der Waals surface area (Å²) in [6.45, 7) is 5.54. The zero-order valence-electron chi connectivity index (χ0n) is 6.96.